The highest BCUT2D eigenvalue weighted by molar-refractivity contribution is 6.56. The Labute approximate surface area is 244 Å². The molecule has 1 aliphatic carbocycles. The van der Waals surface area contributed by atoms with E-state index in [0.29, 0.717) is 5.47 Å². The molecule has 0 bridgehead atoms. The first-order chi connectivity index (χ1) is 19.9. The van der Waals surface area contributed by atoms with Crippen molar-refractivity contribution in [3.8, 4) is 11.1 Å². The topological polar surface area (TPSA) is 83.1 Å². The number of esters is 1. The predicted molar refractivity (Wildman–Crippen MR) is 155 cm³/mol. The van der Waals surface area contributed by atoms with Gasteiger partial charge in [-0.2, -0.15) is 0 Å². The Hall–Kier alpha value is -4.02. The van der Waals surface area contributed by atoms with Gasteiger partial charge in [-0.1, -0.05) is 54.6 Å². The first-order valence-corrected chi connectivity index (χ1v) is 13.6. The SMILES string of the molecule is COC(=O)c1c(F)cc(C=C(CNC(=O)OCC2c3ccccc3-c3ccccc32)B2OC(C)(C)C(C)(C)O2)cc1F. The van der Waals surface area contributed by atoms with Crippen LogP contribution >= 0.6 is 0 Å². The standard InChI is InChI=1S/C32H32BF2NO6/c1-31(2)32(3,4)42-33(41-31)20(14-19-15-26(34)28(27(35)16-19)29(37)39-5)17-36-30(38)40-18-25-23-12-8-6-10-21(23)22-11-7-9-13-24(22)25/h6-16,25H,17-18H2,1-5H3,(H,36,38). The van der Waals surface area contributed by atoms with Crippen LogP contribution in [0.4, 0.5) is 13.6 Å². The summed E-state index contributed by atoms with van der Waals surface area (Å²) in [6.07, 6.45) is 0.789. The Morgan fingerprint density at radius 2 is 1.45 bits per heavy atom. The van der Waals surface area contributed by atoms with Gasteiger partial charge in [-0.15, -0.1) is 0 Å². The van der Waals surface area contributed by atoms with E-state index in [1.54, 1.807) is 0 Å². The van der Waals surface area contributed by atoms with Crippen LogP contribution in [0.1, 0.15) is 60.7 Å². The lowest BCUT2D eigenvalue weighted by Crippen LogP contribution is -2.41. The van der Waals surface area contributed by atoms with E-state index in [9.17, 15) is 18.4 Å². The van der Waals surface area contributed by atoms with Crippen LogP contribution in [0.2, 0.25) is 0 Å². The molecule has 7 nitrogen and oxygen atoms in total. The summed E-state index contributed by atoms with van der Waals surface area (Å²) in [5.74, 6) is -3.39. The highest BCUT2D eigenvalue weighted by atomic mass is 19.1. The van der Waals surface area contributed by atoms with Crippen molar-refractivity contribution in [2.24, 2.45) is 0 Å². The molecule has 0 aromatic heterocycles. The summed E-state index contributed by atoms with van der Waals surface area (Å²) >= 11 is 0. The summed E-state index contributed by atoms with van der Waals surface area (Å²) in [7, 11) is 0.121. The third kappa shape index (κ3) is 5.56. The molecule has 5 rings (SSSR count). The van der Waals surface area contributed by atoms with Crippen molar-refractivity contribution in [3.05, 3.63) is 100 Å². The second-order valence-corrected chi connectivity index (χ2v) is 11.3. The molecule has 1 heterocycles. The molecule has 2 aliphatic rings. The quantitative estimate of drug-likeness (QED) is 0.263. The molecule has 3 aromatic rings. The van der Waals surface area contributed by atoms with E-state index in [1.165, 1.54) is 6.08 Å². The zero-order valence-electron chi connectivity index (χ0n) is 24.1. The highest BCUT2D eigenvalue weighted by Gasteiger charge is 2.52. The molecular formula is C32H32BF2NO6. The fourth-order valence-electron chi connectivity index (χ4n) is 5.21. The third-order valence-corrected chi connectivity index (χ3v) is 8.14. The number of ether oxygens (including phenoxy) is 2. The highest BCUT2D eigenvalue weighted by Crippen LogP contribution is 2.44. The van der Waals surface area contributed by atoms with Crippen LogP contribution in [-0.4, -0.2) is 50.6 Å². The molecule has 1 N–H and O–H groups in total. The Bertz CT molecular complexity index is 1490. The second kappa shape index (κ2) is 11.3. The Morgan fingerprint density at radius 1 is 0.929 bits per heavy atom. The number of hydrogen-bond acceptors (Lipinski definition) is 6. The number of halogens is 2. The summed E-state index contributed by atoms with van der Waals surface area (Å²) in [6.45, 7) is 7.51. The molecule has 1 amide bonds. The number of amides is 1. The van der Waals surface area contributed by atoms with Gasteiger partial charge in [0.05, 0.1) is 18.3 Å². The molecule has 0 saturated carbocycles. The fraction of sp³-hybridized carbons (Fsp3) is 0.312. The Balaban J connectivity index is 1.34. The second-order valence-electron chi connectivity index (χ2n) is 11.3. The van der Waals surface area contributed by atoms with Crippen molar-refractivity contribution < 1.29 is 37.2 Å². The van der Waals surface area contributed by atoms with Crippen molar-refractivity contribution in [2.45, 2.75) is 44.8 Å². The molecule has 0 atom stereocenters. The molecule has 3 aromatic carbocycles. The number of carbonyl (C=O) groups is 2. The van der Waals surface area contributed by atoms with Crippen molar-refractivity contribution in [1.82, 2.24) is 5.32 Å². The number of alkyl carbamates (subject to hydrolysis) is 1. The summed E-state index contributed by atoms with van der Waals surface area (Å²) in [6, 6.07) is 18.1. The lowest BCUT2D eigenvalue weighted by atomic mass is 9.77. The Kier molecular flexibility index (Phi) is 7.96. The van der Waals surface area contributed by atoms with Gasteiger partial charge in [-0.3, -0.25) is 0 Å². The van der Waals surface area contributed by atoms with E-state index >= 15 is 0 Å². The maximum absolute atomic E-state index is 14.7. The predicted octanol–water partition coefficient (Wildman–Crippen LogP) is 6.30. The molecule has 0 radical (unpaired) electrons. The van der Waals surface area contributed by atoms with Crippen molar-refractivity contribution in [2.75, 3.05) is 20.3 Å². The van der Waals surface area contributed by atoms with Crippen LogP contribution in [0, 0.1) is 11.6 Å². The van der Waals surface area contributed by atoms with Gasteiger partial charge in [0.25, 0.3) is 0 Å². The zero-order chi connectivity index (χ0) is 30.2. The van der Waals surface area contributed by atoms with E-state index < -0.39 is 47.6 Å². The number of hydrogen-bond donors (Lipinski definition) is 1. The van der Waals surface area contributed by atoms with E-state index in [-0.39, 0.29) is 24.6 Å². The van der Waals surface area contributed by atoms with Crippen molar-refractivity contribution >= 4 is 25.3 Å². The number of methoxy groups -OCH3 is 1. The molecule has 218 valence electrons. The minimum Gasteiger partial charge on any atom is -0.465 e. The van der Waals surface area contributed by atoms with Crippen LogP contribution in [0.5, 0.6) is 0 Å². The third-order valence-electron chi connectivity index (χ3n) is 8.14. The van der Waals surface area contributed by atoms with Gasteiger partial charge in [0.15, 0.2) is 0 Å². The summed E-state index contributed by atoms with van der Waals surface area (Å²) < 4.78 is 51.8. The monoisotopic (exact) mass is 575 g/mol. The Morgan fingerprint density at radius 3 is 1.98 bits per heavy atom. The molecule has 0 spiro atoms. The maximum atomic E-state index is 14.7. The van der Waals surface area contributed by atoms with Gasteiger partial charge in [0.1, 0.15) is 23.8 Å². The molecule has 10 heteroatoms. The van der Waals surface area contributed by atoms with Gasteiger partial charge >= 0.3 is 19.2 Å². The average Bonchev–Trinajstić information content (AvgIpc) is 3.38. The minimum atomic E-state index is -1.12. The number of benzene rings is 3. The smallest absolute Gasteiger partial charge is 0.465 e. The molecule has 1 saturated heterocycles. The van der Waals surface area contributed by atoms with Gasteiger partial charge in [-0.25, -0.2) is 18.4 Å². The van der Waals surface area contributed by atoms with Gasteiger partial charge in [0, 0.05) is 12.5 Å². The normalized spacial score (nSPS) is 17.0. The maximum Gasteiger partial charge on any atom is 0.492 e. The molecule has 1 fully saturated rings. The van der Waals surface area contributed by atoms with Crippen LogP contribution < -0.4 is 5.32 Å². The summed E-state index contributed by atoms with van der Waals surface area (Å²) in [5, 5.41) is 2.72. The van der Waals surface area contributed by atoms with Crippen LogP contribution in [0.3, 0.4) is 0 Å². The van der Waals surface area contributed by atoms with Crippen LogP contribution in [0.25, 0.3) is 17.2 Å². The largest absolute Gasteiger partial charge is 0.492 e. The van der Waals surface area contributed by atoms with Gasteiger partial charge in [0.2, 0.25) is 0 Å². The van der Waals surface area contributed by atoms with E-state index in [1.807, 2.05) is 64.1 Å². The van der Waals surface area contributed by atoms with E-state index in [2.05, 4.69) is 22.2 Å². The fourth-order valence-corrected chi connectivity index (χ4v) is 5.21. The van der Waals surface area contributed by atoms with Crippen molar-refractivity contribution in [1.29, 1.82) is 0 Å². The molecule has 42 heavy (non-hydrogen) atoms. The molecule has 1 aliphatic heterocycles. The van der Waals surface area contributed by atoms with E-state index in [4.69, 9.17) is 14.0 Å². The van der Waals surface area contributed by atoms with Crippen molar-refractivity contribution in [3.63, 3.8) is 0 Å². The van der Waals surface area contributed by atoms with E-state index in [0.717, 1.165) is 41.5 Å². The number of fused-ring (bicyclic) bond motifs is 3. The summed E-state index contributed by atoms with van der Waals surface area (Å²) in [4.78, 5) is 24.7. The first kappa shape index (κ1) is 29.5. The summed E-state index contributed by atoms with van der Waals surface area (Å²) in [5.41, 5.74) is 2.72. The van der Waals surface area contributed by atoms with Gasteiger partial charge in [-0.05, 0) is 73.1 Å². The number of nitrogens with one attached hydrogen (secondary N) is 1. The molecular weight excluding hydrogens is 543 g/mol. The lowest BCUT2D eigenvalue weighted by Gasteiger charge is -2.32. The zero-order valence-corrected chi connectivity index (χ0v) is 24.1. The average molecular weight is 575 g/mol. The van der Waals surface area contributed by atoms with Crippen LogP contribution in [-0.2, 0) is 18.8 Å². The minimum absolute atomic E-state index is 0.0878. The molecule has 0 unspecified atom stereocenters. The first-order valence-electron chi connectivity index (χ1n) is 13.6. The number of rotatable bonds is 7. The number of carbonyl (C=O) groups excluding carboxylic acids is 2. The van der Waals surface area contributed by atoms with Crippen LogP contribution in [0.15, 0.2) is 66.1 Å². The lowest BCUT2D eigenvalue weighted by molar-refractivity contribution is 0.00578. The van der Waals surface area contributed by atoms with Gasteiger partial charge < -0.3 is 24.1 Å².